The van der Waals surface area contributed by atoms with Crippen LogP contribution in [0.1, 0.15) is 83.5 Å². The van der Waals surface area contributed by atoms with Crippen LogP contribution in [-0.4, -0.2) is 129 Å². The number of nitrogens with zero attached hydrogens (tertiary/aromatic N) is 7. The molecule has 0 saturated carbocycles. The number of methoxy groups -OCH3 is 1. The van der Waals surface area contributed by atoms with Gasteiger partial charge in [-0.15, -0.1) is 5.01 Å². The van der Waals surface area contributed by atoms with Gasteiger partial charge in [0.05, 0.1) is 35.2 Å². The summed E-state index contributed by atoms with van der Waals surface area (Å²) in [6.07, 6.45) is 5.43. The number of nitroso groups, excluding NO2 is 1. The number of aromatic hydroxyl groups is 1. The molecule has 3 N–H and O–H groups in total. The van der Waals surface area contributed by atoms with Crippen molar-refractivity contribution in [3.05, 3.63) is 81.4 Å². The fourth-order valence-corrected chi connectivity index (χ4v) is 9.85. The second-order valence-corrected chi connectivity index (χ2v) is 19.0. The zero-order valence-corrected chi connectivity index (χ0v) is 39.0. The van der Waals surface area contributed by atoms with E-state index in [4.69, 9.17) is 14.6 Å². The van der Waals surface area contributed by atoms with Gasteiger partial charge in [-0.05, 0) is 91.1 Å². The van der Waals surface area contributed by atoms with E-state index in [9.17, 15) is 29.3 Å². The first kappa shape index (κ1) is 47.0. The van der Waals surface area contributed by atoms with Gasteiger partial charge in [-0.25, -0.2) is 4.84 Å². The lowest BCUT2D eigenvalue weighted by Gasteiger charge is -2.33. The van der Waals surface area contributed by atoms with Crippen molar-refractivity contribution >= 4 is 40.4 Å². The number of carbonyl (C=O) groups excluding carboxylic acids is 3. The molecule has 5 heterocycles. The van der Waals surface area contributed by atoms with Crippen LogP contribution in [-0.2, 0) is 43.8 Å². The molecule has 65 heavy (non-hydrogen) atoms. The van der Waals surface area contributed by atoms with Crippen LogP contribution in [0.25, 0.3) is 27.6 Å². The zero-order valence-electron chi connectivity index (χ0n) is 39.0. The van der Waals surface area contributed by atoms with E-state index in [1.807, 2.05) is 39.1 Å². The Morgan fingerprint density at radius 3 is 2.65 bits per heavy atom. The normalized spacial score (nSPS) is 22.4. The van der Waals surface area contributed by atoms with Gasteiger partial charge in [0.1, 0.15) is 16.7 Å². The molecule has 2 saturated heterocycles. The first-order valence-corrected chi connectivity index (χ1v) is 22.7. The third kappa shape index (κ3) is 9.86. The van der Waals surface area contributed by atoms with Gasteiger partial charge < -0.3 is 24.6 Å². The number of allylic oxidation sites excluding steroid dienone is 1. The first-order chi connectivity index (χ1) is 30.9. The molecule has 17 nitrogen and oxygen atoms in total. The van der Waals surface area contributed by atoms with Crippen LogP contribution in [0.15, 0.2) is 59.7 Å². The van der Waals surface area contributed by atoms with Gasteiger partial charge in [0, 0.05) is 80.3 Å². The molecule has 348 valence electrons. The van der Waals surface area contributed by atoms with E-state index in [1.54, 1.807) is 31.2 Å². The van der Waals surface area contributed by atoms with E-state index in [0.29, 0.717) is 42.7 Å². The molecule has 3 amide bonds. The van der Waals surface area contributed by atoms with Crippen LogP contribution in [0.2, 0.25) is 0 Å². The van der Waals surface area contributed by atoms with Gasteiger partial charge in [-0.3, -0.25) is 24.4 Å². The third-order valence-electron chi connectivity index (χ3n) is 13.3. The lowest BCUT2D eigenvalue weighted by atomic mass is 9.83. The van der Waals surface area contributed by atoms with Crippen molar-refractivity contribution in [1.82, 2.24) is 30.2 Å². The summed E-state index contributed by atoms with van der Waals surface area (Å²) in [4.78, 5) is 82.7. The number of rotatable bonds is 10. The van der Waals surface area contributed by atoms with Crippen molar-refractivity contribution in [3.63, 3.8) is 0 Å². The molecular weight excluding hydrogens is 831 g/mol. The van der Waals surface area contributed by atoms with E-state index in [0.717, 1.165) is 62.3 Å². The fraction of sp³-hybridized carbons (Fsp3) is 0.542. The van der Waals surface area contributed by atoms with Gasteiger partial charge in [0.15, 0.2) is 12.6 Å². The Bertz CT molecular complexity index is 2440. The molecular formula is C48H65N9O8+2. The Labute approximate surface area is 380 Å². The number of aliphatic imine (C=N–C) groups is 1. The maximum Gasteiger partial charge on any atom is 0.326 e. The quantitative estimate of drug-likeness (QED) is 0.136. The number of fused-ring (bicyclic) bond motifs is 6. The Morgan fingerprint density at radius 2 is 1.92 bits per heavy atom. The Hall–Kier alpha value is -5.94. The van der Waals surface area contributed by atoms with E-state index < -0.39 is 41.5 Å². The Morgan fingerprint density at radius 1 is 1.15 bits per heavy atom. The monoisotopic (exact) mass is 895 g/mol. The maximum atomic E-state index is 14.7. The smallest absolute Gasteiger partial charge is 0.326 e. The number of ether oxygens (including phenoxy) is 1. The average Bonchev–Trinajstić information content (AvgIpc) is 3.88. The van der Waals surface area contributed by atoms with Crippen LogP contribution in [0.3, 0.4) is 0 Å². The van der Waals surface area contributed by atoms with Crippen LogP contribution < -0.4 is 10.7 Å². The van der Waals surface area contributed by atoms with Crippen molar-refractivity contribution < 1.29 is 38.9 Å². The first-order valence-electron chi connectivity index (χ1n) is 22.7. The molecule has 0 spiro atoms. The number of aryl methyl sites for hydroxylation is 1. The Balaban J connectivity index is 1.29. The molecule has 0 aliphatic carbocycles. The van der Waals surface area contributed by atoms with Crippen LogP contribution >= 0.6 is 0 Å². The van der Waals surface area contributed by atoms with E-state index in [-0.39, 0.29) is 49.8 Å². The number of amides is 3. The summed E-state index contributed by atoms with van der Waals surface area (Å²) in [6.45, 7) is 14.2. The topological polar surface area (TPSA) is 181 Å². The van der Waals surface area contributed by atoms with Gasteiger partial charge in [0.25, 0.3) is 11.9 Å². The lowest BCUT2D eigenvalue weighted by molar-refractivity contribution is -0.835. The number of phenols is 1. The number of phenolic OH excluding ortho intramolecular Hbond substituents is 1. The molecule has 3 aromatic rings. The fourth-order valence-electron chi connectivity index (χ4n) is 9.85. The van der Waals surface area contributed by atoms with Crippen LogP contribution in [0.4, 0.5) is 0 Å². The van der Waals surface area contributed by atoms with Gasteiger partial charge >= 0.3 is 6.17 Å². The minimum absolute atomic E-state index is 0.0133. The summed E-state index contributed by atoms with van der Waals surface area (Å²) in [6, 6.07) is 8.65. The largest absolute Gasteiger partial charge is 0.508 e. The predicted octanol–water partition coefficient (Wildman–Crippen LogP) is 5.37. The maximum absolute atomic E-state index is 14.7. The molecule has 4 aliphatic heterocycles. The number of hydrazine groups is 2. The third-order valence-corrected chi connectivity index (χ3v) is 13.3. The summed E-state index contributed by atoms with van der Waals surface area (Å²) in [7, 11) is 5.28. The molecule has 17 heteroatoms. The van der Waals surface area contributed by atoms with E-state index >= 15 is 0 Å². The van der Waals surface area contributed by atoms with Crippen molar-refractivity contribution in [2.45, 2.75) is 110 Å². The SMILES string of the molecule is C=CC(=O)N1CC[C@H]([N+](=O)N(C)[C@H](C(=O)N[C@H]2Cc3cc(O)cc(c3)-c3ccc4c(c3)c(c(C3=C([C@H](C)OC)N=CCC3)n4C)CC(C)(C)CO[N+](=O)[C@@H]3CCCN(N3)C2=O)C(C)C)C1. The van der Waals surface area contributed by atoms with Crippen LogP contribution in [0.5, 0.6) is 5.75 Å². The number of likely N-dealkylation sites (tertiary alicyclic amines) is 1. The second-order valence-electron chi connectivity index (χ2n) is 19.0. The van der Waals surface area contributed by atoms with Gasteiger partial charge in [-0.2, -0.15) is 5.43 Å². The highest BCUT2D eigenvalue weighted by molar-refractivity contribution is 5.95. The van der Waals surface area contributed by atoms with Crippen molar-refractivity contribution in [1.29, 1.82) is 0 Å². The molecule has 6 bridgehead atoms. The summed E-state index contributed by atoms with van der Waals surface area (Å²) >= 11 is 0. The number of aromatic nitrogens is 1. The molecule has 5 atom stereocenters. The van der Waals surface area contributed by atoms with E-state index in [1.165, 1.54) is 16.1 Å². The summed E-state index contributed by atoms with van der Waals surface area (Å²) in [5.41, 5.74) is 9.77. The van der Waals surface area contributed by atoms with Gasteiger partial charge in [-0.1, -0.05) is 46.4 Å². The minimum atomic E-state index is -1.18. The molecule has 1 aromatic heterocycles. The standard InChI is InChI=1S/C48H63N9O8/c1-10-42(59)54-20-17-34(27-54)56(62)53(8)44(29(2)3)46(60)50-39-23-31-21-33(24-35(58)22-31)32-15-16-40-37(25-32)38(45(52(40)7)36-13-11-18-49-43(36)30(4)64-9)26-48(5,6)28-65-57(63)41-14-12-19-55(51-41)47(39)61/h10,15-16,18,21-22,24-25,29-30,34,39,41,44,51H,1,11-14,17,19-20,23,26-28H2,2-9H3/p+2/t30-,34-,39-,41+,44-/m0/s1. The highest BCUT2D eigenvalue weighted by atomic mass is 16.8. The molecule has 7 rings (SSSR count). The Kier molecular flexibility index (Phi) is 13.9. The number of hydrogen-bond acceptors (Lipinski definition) is 10. The number of hydrogen-bond donors (Lipinski definition) is 3. The highest BCUT2D eigenvalue weighted by Crippen LogP contribution is 2.41. The summed E-state index contributed by atoms with van der Waals surface area (Å²) in [5, 5.41) is 18.0. The van der Waals surface area contributed by atoms with Crippen LogP contribution in [0, 0.1) is 21.1 Å². The second kappa shape index (κ2) is 19.3. The number of carbonyl (C=O) groups is 3. The van der Waals surface area contributed by atoms with Crippen molar-refractivity contribution in [2.75, 3.05) is 40.4 Å². The minimum Gasteiger partial charge on any atom is -0.508 e. The van der Waals surface area contributed by atoms with Crippen molar-refractivity contribution in [2.24, 2.45) is 23.4 Å². The van der Waals surface area contributed by atoms with E-state index in [2.05, 4.69) is 54.9 Å². The molecule has 4 aliphatic rings. The average molecular weight is 896 g/mol. The zero-order chi connectivity index (χ0) is 46.9. The predicted molar refractivity (Wildman–Crippen MR) is 247 cm³/mol. The number of nitrogens with one attached hydrogen (secondary N) is 2. The van der Waals surface area contributed by atoms with Gasteiger partial charge in [0.2, 0.25) is 16.7 Å². The molecule has 0 unspecified atom stereocenters. The number of benzene rings is 2. The molecule has 2 fully saturated rings. The van der Waals surface area contributed by atoms with Crippen molar-refractivity contribution in [3.8, 4) is 16.9 Å². The summed E-state index contributed by atoms with van der Waals surface area (Å²) < 4.78 is 8.01. The lowest BCUT2D eigenvalue weighted by Crippen LogP contribution is -2.62. The number of likely N-dealkylation sites (N-methyl/N-ethyl adjacent to an activating group) is 1. The highest BCUT2D eigenvalue weighted by Gasteiger charge is 2.45. The molecule has 2 aromatic carbocycles. The summed E-state index contributed by atoms with van der Waals surface area (Å²) in [5.74, 6) is -1.69. The molecule has 0 radical (unpaired) electrons.